The Morgan fingerprint density at radius 3 is 2.68 bits per heavy atom. The van der Waals surface area contributed by atoms with Crippen LogP contribution in [0.25, 0.3) is 0 Å². The highest BCUT2D eigenvalue weighted by Crippen LogP contribution is 2.25. The Morgan fingerprint density at radius 2 is 2.08 bits per heavy atom. The van der Waals surface area contributed by atoms with Gasteiger partial charge in [-0.1, -0.05) is 6.07 Å². The lowest BCUT2D eigenvalue weighted by molar-refractivity contribution is -0.116. The summed E-state index contributed by atoms with van der Waals surface area (Å²) in [5.41, 5.74) is -0.273. The van der Waals surface area contributed by atoms with Gasteiger partial charge < -0.3 is 10.1 Å². The molecule has 0 unspecified atom stereocenters. The number of carbonyl (C=O) groups is 1. The maximum atomic E-state index is 12.3. The van der Waals surface area contributed by atoms with Crippen LogP contribution in [0.5, 0.6) is 5.75 Å². The van der Waals surface area contributed by atoms with E-state index in [-0.39, 0.29) is 12.1 Å². The molecule has 0 saturated heterocycles. The summed E-state index contributed by atoms with van der Waals surface area (Å²) in [6.45, 7) is 3.34. The van der Waals surface area contributed by atoms with Gasteiger partial charge in [-0.3, -0.25) is 14.2 Å². The maximum absolute atomic E-state index is 12.3. The highest BCUT2D eigenvalue weighted by molar-refractivity contribution is 5.92. The number of nitrogens with zero attached hydrogens (tertiary/aromatic N) is 3. The van der Waals surface area contributed by atoms with Crippen molar-refractivity contribution < 1.29 is 9.53 Å². The average molecular weight is 342 g/mol. The topological polar surface area (TPSA) is 106 Å². The number of methoxy groups -OCH3 is 1. The second-order valence-electron chi connectivity index (χ2n) is 5.37. The molecule has 1 aromatic heterocycles. The van der Waals surface area contributed by atoms with Crippen LogP contribution in [0.15, 0.2) is 34.0 Å². The van der Waals surface area contributed by atoms with Crippen molar-refractivity contribution in [1.82, 2.24) is 9.13 Å². The van der Waals surface area contributed by atoms with Crippen LogP contribution in [0.3, 0.4) is 0 Å². The van der Waals surface area contributed by atoms with E-state index < -0.39 is 23.7 Å². The number of aryl methyl sites for hydroxylation is 2. The first-order chi connectivity index (χ1) is 11.9. The molecule has 1 N–H and O–H groups in total. The van der Waals surface area contributed by atoms with Crippen molar-refractivity contribution in [1.29, 1.82) is 5.26 Å². The first-order valence-electron chi connectivity index (χ1n) is 7.60. The summed E-state index contributed by atoms with van der Waals surface area (Å²) in [5, 5.41) is 11.7. The van der Waals surface area contributed by atoms with Gasteiger partial charge in [-0.25, -0.2) is 9.36 Å². The third-order valence-corrected chi connectivity index (χ3v) is 3.63. The second-order valence-corrected chi connectivity index (χ2v) is 5.37. The van der Waals surface area contributed by atoms with Gasteiger partial charge in [-0.15, -0.1) is 0 Å². The van der Waals surface area contributed by atoms with Gasteiger partial charge in [0, 0.05) is 12.7 Å². The fourth-order valence-electron chi connectivity index (χ4n) is 2.35. The predicted octanol–water partition coefficient (Wildman–Crippen LogP) is 0.857. The Labute approximate surface area is 143 Å². The van der Waals surface area contributed by atoms with Crippen molar-refractivity contribution in [3.8, 4) is 11.8 Å². The summed E-state index contributed by atoms with van der Waals surface area (Å²) >= 11 is 0. The van der Waals surface area contributed by atoms with Gasteiger partial charge in [0.05, 0.1) is 12.8 Å². The van der Waals surface area contributed by atoms with Crippen molar-refractivity contribution >= 4 is 11.6 Å². The number of rotatable bonds is 5. The lowest BCUT2D eigenvalue weighted by Crippen LogP contribution is -2.43. The fraction of sp³-hybridized carbons (Fsp3) is 0.294. The van der Waals surface area contributed by atoms with Crippen LogP contribution in [0.1, 0.15) is 18.1 Å². The van der Waals surface area contributed by atoms with Crippen LogP contribution in [-0.4, -0.2) is 22.2 Å². The van der Waals surface area contributed by atoms with Gasteiger partial charge in [0.1, 0.15) is 23.9 Å². The van der Waals surface area contributed by atoms with E-state index >= 15 is 0 Å². The molecule has 0 bridgehead atoms. The molecule has 0 atom stereocenters. The Hall–Kier alpha value is -3.34. The van der Waals surface area contributed by atoms with Crippen LogP contribution in [0.2, 0.25) is 0 Å². The van der Waals surface area contributed by atoms with E-state index in [1.807, 2.05) is 13.0 Å². The minimum Gasteiger partial charge on any atom is -0.495 e. The summed E-state index contributed by atoms with van der Waals surface area (Å²) < 4.78 is 7.14. The summed E-state index contributed by atoms with van der Waals surface area (Å²) in [6.07, 6.45) is 1.20. The third-order valence-electron chi connectivity index (χ3n) is 3.63. The summed E-state index contributed by atoms with van der Waals surface area (Å²) in [4.78, 5) is 36.8. The normalized spacial score (nSPS) is 10.2. The van der Waals surface area contributed by atoms with Crippen molar-refractivity contribution in [3.63, 3.8) is 0 Å². The van der Waals surface area contributed by atoms with Gasteiger partial charge in [0.25, 0.3) is 5.56 Å². The first kappa shape index (κ1) is 18.0. The van der Waals surface area contributed by atoms with Crippen LogP contribution in [-0.2, 0) is 17.9 Å². The van der Waals surface area contributed by atoms with Gasteiger partial charge in [0.2, 0.25) is 5.91 Å². The molecule has 130 valence electrons. The van der Waals surface area contributed by atoms with E-state index in [0.29, 0.717) is 11.4 Å². The van der Waals surface area contributed by atoms with Gasteiger partial charge >= 0.3 is 5.69 Å². The lowest BCUT2D eigenvalue weighted by atomic mass is 10.2. The predicted molar refractivity (Wildman–Crippen MR) is 91.7 cm³/mol. The lowest BCUT2D eigenvalue weighted by Gasteiger charge is -2.12. The van der Waals surface area contributed by atoms with Crippen LogP contribution in [0, 0.1) is 18.3 Å². The molecule has 0 spiro atoms. The van der Waals surface area contributed by atoms with Gasteiger partial charge in [-0.2, -0.15) is 5.26 Å². The summed E-state index contributed by atoms with van der Waals surface area (Å²) in [7, 11) is 1.47. The molecule has 0 aliphatic heterocycles. The van der Waals surface area contributed by atoms with E-state index in [9.17, 15) is 14.4 Å². The number of ether oxygens (including phenoxy) is 1. The van der Waals surface area contributed by atoms with E-state index in [1.165, 1.54) is 17.9 Å². The SMILES string of the molecule is CCn1cc(C#N)c(=O)n(CC(=O)Nc2cc(C)ccc2OC)c1=O. The minimum absolute atomic E-state index is 0.192. The summed E-state index contributed by atoms with van der Waals surface area (Å²) in [6, 6.07) is 6.99. The molecular formula is C17H18N4O4. The molecular weight excluding hydrogens is 324 g/mol. The van der Waals surface area contributed by atoms with Crippen LogP contribution < -0.4 is 21.3 Å². The second kappa shape index (κ2) is 7.49. The van der Waals surface area contributed by atoms with Crippen LogP contribution in [0.4, 0.5) is 5.69 Å². The standard InChI is InChI=1S/C17H18N4O4/c1-4-20-9-12(8-18)16(23)21(17(20)24)10-15(22)19-13-7-11(2)5-6-14(13)25-3/h5-7,9H,4,10H2,1-3H3,(H,19,22). The molecule has 8 nitrogen and oxygen atoms in total. The van der Waals surface area contributed by atoms with E-state index in [0.717, 1.165) is 10.1 Å². The zero-order chi connectivity index (χ0) is 18.6. The Kier molecular flexibility index (Phi) is 5.39. The molecule has 25 heavy (non-hydrogen) atoms. The maximum Gasteiger partial charge on any atom is 0.331 e. The minimum atomic E-state index is -0.788. The smallest absolute Gasteiger partial charge is 0.331 e. The average Bonchev–Trinajstić information content (AvgIpc) is 2.59. The number of nitriles is 1. The Morgan fingerprint density at radius 1 is 1.36 bits per heavy atom. The monoisotopic (exact) mass is 342 g/mol. The highest BCUT2D eigenvalue weighted by atomic mass is 16.5. The molecule has 2 rings (SSSR count). The Balaban J connectivity index is 2.36. The molecule has 0 radical (unpaired) electrons. The largest absolute Gasteiger partial charge is 0.495 e. The number of anilines is 1. The van der Waals surface area contributed by atoms with Crippen molar-refractivity contribution in [2.45, 2.75) is 26.9 Å². The van der Waals surface area contributed by atoms with Crippen molar-refractivity contribution in [2.24, 2.45) is 0 Å². The molecule has 1 amide bonds. The molecule has 0 saturated carbocycles. The van der Waals surface area contributed by atoms with E-state index in [4.69, 9.17) is 10.00 Å². The zero-order valence-electron chi connectivity index (χ0n) is 14.2. The fourth-order valence-corrected chi connectivity index (χ4v) is 2.35. The molecule has 0 fully saturated rings. The van der Waals surface area contributed by atoms with Crippen LogP contribution >= 0.6 is 0 Å². The van der Waals surface area contributed by atoms with Crippen molar-refractivity contribution in [2.75, 3.05) is 12.4 Å². The molecule has 8 heteroatoms. The number of hydrogen-bond donors (Lipinski definition) is 1. The molecule has 1 aromatic carbocycles. The number of aromatic nitrogens is 2. The number of nitrogens with one attached hydrogen (secondary N) is 1. The molecule has 2 aromatic rings. The highest BCUT2D eigenvalue weighted by Gasteiger charge is 2.15. The van der Waals surface area contributed by atoms with Gasteiger partial charge in [-0.05, 0) is 31.5 Å². The summed E-state index contributed by atoms with van der Waals surface area (Å²) in [5.74, 6) is -0.108. The Bertz CT molecular complexity index is 966. The number of hydrogen-bond acceptors (Lipinski definition) is 5. The first-order valence-corrected chi connectivity index (χ1v) is 7.60. The number of carbonyl (C=O) groups excluding carboxylic acids is 1. The molecule has 0 aliphatic rings. The van der Waals surface area contributed by atoms with E-state index in [1.54, 1.807) is 25.1 Å². The molecule has 1 heterocycles. The quantitative estimate of drug-likeness (QED) is 0.867. The van der Waals surface area contributed by atoms with Crippen molar-refractivity contribution in [3.05, 3.63) is 56.4 Å². The third kappa shape index (κ3) is 3.77. The van der Waals surface area contributed by atoms with E-state index in [2.05, 4.69) is 5.32 Å². The molecule has 0 aliphatic carbocycles. The number of benzene rings is 1. The zero-order valence-corrected chi connectivity index (χ0v) is 14.2. The van der Waals surface area contributed by atoms with Gasteiger partial charge in [0.15, 0.2) is 0 Å². The number of amides is 1.